The number of amides is 1. The zero-order valence-corrected chi connectivity index (χ0v) is 17.8. The normalized spacial score (nSPS) is 14.4. The molecule has 0 radical (unpaired) electrons. The maximum atomic E-state index is 13.3. The van der Waals surface area contributed by atoms with Gasteiger partial charge in [0, 0.05) is 5.71 Å². The van der Waals surface area contributed by atoms with Gasteiger partial charge in [-0.15, -0.1) is 0 Å². The number of sulfonamides is 1. The van der Waals surface area contributed by atoms with Crippen LogP contribution in [0.2, 0.25) is 5.02 Å². The van der Waals surface area contributed by atoms with Crippen LogP contribution in [0.5, 0.6) is 0 Å². The molecular weight excluding hydrogens is 455 g/mol. The Bertz CT molecular complexity index is 1080. The number of benzene rings is 2. The van der Waals surface area contributed by atoms with E-state index < -0.39 is 39.2 Å². The molecule has 0 spiro atoms. The summed E-state index contributed by atoms with van der Waals surface area (Å²) in [5.41, 5.74) is 1.54. The minimum atomic E-state index is -4.80. The number of halogens is 4. The standard InChI is InChI=1S/C20H19ClF3N3O3S/c21-18-11-10-15(12-17(18)20(22,23)24)27(31(29,30)16-8-2-1-3-9-16)13-19(28)26-25-14-6-4-5-7-14/h1-3,8-12H,4-7,13H2,(H,26,28). The number of carbonyl (C=O) groups is 1. The van der Waals surface area contributed by atoms with Gasteiger partial charge in [0.05, 0.1) is 21.2 Å². The fourth-order valence-electron chi connectivity index (χ4n) is 3.12. The summed E-state index contributed by atoms with van der Waals surface area (Å²) in [6, 6.07) is 9.80. The number of hydrogen-bond acceptors (Lipinski definition) is 4. The van der Waals surface area contributed by atoms with Crippen molar-refractivity contribution in [1.82, 2.24) is 5.43 Å². The molecule has 2 aromatic rings. The van der Waals surface area contributed by atoms with Gasteiger partial charge in [0.15, 0.2) is 0 Å². The molecule has 31 heavy (non-hydrogen) atoms. The van der Waals surface area contributed by atoms with Crippen LogP contribution in [0.3, 0.4) is 0 Å². The number of hydrazone groups is 1. The third-order valence-electron chi connectivity index (χ3n) is 4.68. The van der Waals surface area contributed by atoms with Gasteiger partial charge >= 0.3 is 6.18 Å². The van der Waals surface area contributed by atoms with E-state index in [1.807, 2.05) is 0 Å². The highest BCUT2D eigenvalue weighted by atomic mass is 35.5. The first-order valence-corrected chi connectivity index (χ1v) is 11.2. The molecule has 0 aliphatic heterocycles. The Labute approximate surface area is 182 Å². The molecule has 0 bridgehead atoms. The van der Waals surface area contributed by atoms with Crippen molar-refractivity contribution in [3.63, 3.8) is 0 Å². The predicted molar refractivity (Wildman–Crippen MR) is 111 cm³/mol. The van der Waals surface area contributed by atoms with Crippen LogP contribution >= 0.6 is 11.6 Å². The Morgan fingerprint density at radius 1 is 1.10 bits per heavy atom. The van der Waals surface area contributed by atoms with E-state index in [0.717, 1.165) is 43.5 Å². The van der Waals surface area contributed by atoms with Gasteiger partial charge in [0.2, 0.25) is 0 Å². The summed E-state index contributed by atoms with van der Waals surface area (Å²) in [6.07, 6.45) is -1.43. The third-order valence-corrected chi connectivity index (χ3v) is 6.80. The van der Waals surface area contributed by atoms with E-state index in [-0.39, 0.29) is 10.6 Å². The molecule has 2 aromatic carbocycles. The second-order valence-corrected chi connectivity index (χ2v) is 9.18. The molecular formula is C20H19ClF3N3O3S. The number of nitrogens with zero attached hydrogens (tertiary/aromatic N) is 2. The molecule has 1 saturated carbocycles. The molecule has 1 aliphatic rings. The largest absolute Gasteiger partial charge is 0.417 e. The summed E-state index contributed by atoms with van der Waals surface area (Å²) in [4.78, 5) is 12.3. The summed E-state index contributed by atoms with van der Waals surface area (Å²) in [5.74, 6) is -0.776. The van der Waals surface area contributed by atoms with Crippen molar-refractivity contribution < 1.29 is 26.4 Å². The van der Waals surface area contributed by atoms with E-state index in [1.165, 1.54) is 24.3 Å². The Morgan fingerprint density at radius 2 is 1.74 bits per heavy atom. The fourth-order valence-corrected chi connectivity index (χ4v) is 4.78. The summed E-state index contributed by atoms with van der Waals surface area (Å²) in [5, 5.41) is 3.41. The maximum Gasteiger partial charge on any atom is 0.417 e. The molecule has 11 heteroatoms. The highest BCUT2D eigenvalue weighted by molar-refractivity contribution is 7.92. The van der Waals surface area contributed by atoms with E-state index in [0.29, 0.717) is 10.4 Å². The Kier molecular flexibility index (Phi) is 6.90. The van der Waals surface area contributed by atoms with E-state index in [4.69, 9.17) is 11.6 Å². The number of nitrogens with one attached hydrogen (secondary N) is 1. The number of hydrogen-bond donors (Lipinski definition) is 1. The second-order valence-electron chi connectivity index (χ2n) is 6.91. The lowest BCUT2D eigenvalue weighted by atomic mass is 10.2. The minimum Gasteiger partial charge on any atom is -0.271 e. The van der Waals surface area contributed by atoms with Crippen LogP contribution in [0.1, 0.15) is 31.2 Å². The first kappa shape index (κ1) is 23.1. The van der Waals surface area contributed by atoms with Crippen LogP contribution in [0.4, 0.5) is 18.9 Å². The van der Waals surface area contributed by atoms with Gasteiger partial charge in [0.1, 0.15) is 6.54 Å². The number of carbonyl (C=O) groups excluding carboxylic acids is 1. The monoisotopic (exact) mass is 473 g/mol. The van der Waals surface area contributed by atoms with E-state index >= 15 is 0 Å². The summed E-state index contributed by atoms with van der Waals surface area (Å²) < 4.78 is 66.9. The van der Waals surface area contributed by atoms with E-state index in [9.17, 15) is 26.4 Å². The van der Waals surface area contributed by atoms with Crippen LogP contribution in [0, 0.1) is 0 Å². The van der Waals surface area contributed by atoms with Crippen molar-refractivity contribution in [2.24, 2.45) is 5.10 Å². The van der Waals surface area contributed by atoms with Gasteiger partial charge in [-0.3, -0.25) is 9.10 Å². The summed E-state index contributed by atoms with van der Waals surface area (Å²) >= 11 is 5.66. The smallest absolute Gasteiger partial charge is 0.271 e. The topological polar surface area (TPSA) is 78.8 Å². The molecule has 1 aliphatic carbocycles. The average molecular weight is 474 g/mol. The minimum absolute atomic E-state index is 0.173. The van der Waals surface area contributed by atoms with Crippen LogP contribution in [-0.4, -0.2) is 26.6 Å². The molecule has 0 atom stereocenters. The third kappa shape index (κ3) is 5.56. The Balaban J connectivity index is 1.99. The summed E-state index contributed by atoms with van der Waals surface area (Å²) in [6.45, 7) is -0.757. The van der Waals surface area contributed by atoms with E-state index in [1.54, 1.807) is 6.07 Å². The van der Waals surface area contributed by atoms with Gasteiger partial charge < -0.3 is 0 Å². The first-order valence-electron chi connectivity index (χ1n) is 9.38. The predicted octanol–water partition coefficient (Wildman–Crippen LogP) is 4.60. The molecule has 0 unspecified atom stereocenters. The lowest BCUT2D eigenvalue weighted by molar-refractivity contribution is -0.137. The molecule has 0 heterocycles. The van der Waals surface area contributed by atoms with Crippen LogP contribution in [0.15, 0.2) is 58.5 Å². The van der Waals surface area contributed by atoms with Gasteiger partial charge in [-0.2, -0.15) is 18.3 Å². The quantitative estimate of drug-likeness (QED) is 0.623. The number of anilines is 1. The van der Waals surface area contributed by atoms with Crippen molar-refractivity contribution in [1.29, 1.82) is 0 Å². The molecule has 1 amide bonds. The zero-order chi connectivity index (χ0) is 22.6. The summed E-state index contributed by atoms with van der Waals surface area (Å²) in [7, 11) is -4.35. The van der Waals surface area contributed by atoms with Crippen molar-refractivity contribution in [2.45, 2.75) is 36.8 Å². The van der Waals surface area contributed by atoms with Gasteiger partial charge in [-0.25, -0.2) is 13.8 Å². The van der Waals surface area contributed by atoms with E-state index in [2.05, 4.69) is 10.5 Å². The first-order chi connectivity index (χ1) is 14.6. The lowest BCUT2D eigenvalue weighted by Crippen LogP contribution is -2.40. The Morgan fingerprint density at radius 3 is 2.35 bits per heavy atom. The van der Waals surface area contributed by atoms with Crippen LogP contribution in [-0.2, 0) is 21.0 Å². The highest BCUT2D eigenvalue weighted by Gasteiger charge is 2.35. The zero-order valence-electron chi connectivity index (χ0n) is 16.2. The lowest BCUT2D eigenvalue weighted by Gasteiger charge is -2.24. The van der Waals surface area contributed by atoms with Crippen LogP contribution < -0.4 is 9.73 Å². The van der Waals surface area contributed by atoms with Gasteiger partial charge in [-0.05, 0) is 56.0 Å². The van der Waals surface area contributed by atoms with Crippen LogP contribution in [0.25, 0.3) is 0 Å². The Hall–Kier alpha value is -2.59. The van der Waals surface area contributed by atoms with Gasteiger partial charge in [-0.1, -0.05) is 29.8 Å². The molecule has 3 rings (SSSR count). The molecule has 166 valence electrons. The van der Waals surface area contributed by atoms with Crippen molar-refractivity contribution in [2.75, 3.05) is 10.8 Å². The number of rotatable bonds is 6. The molecule has 1 fully saturated rings. The molecule has 0 aromatic heterocycles. The maximum absolute atomic E-state index is 13.3. The van der Waals surface area contributed by atoms with Crippen molar-refractivity contribution >= 4 is 38.9 Å². The van der Waals surface area contributed by atoms with Crippen molar-refractivity contribution in [3.8, 4) is 0 Å². The molecule has 1 N–H and O–H groups in total. The van der Waals surface area contributed by atoms with Gasteiger partial charge in [0.25, 0.3) is 15.9 Å². The SMILES string of the molecule is O=C(CN(c1ccc(Cl)c(C(F)(F)F)c1)S(=O)(=O)c1ccccc1)NN=C1CCCC1. The molecule has 0 saturated heterocycles. The fraction of sp³-hybridized carbons (Fsp3) is 0.300. The highest BCUT2D eigenvalue weighted by Crippen LogP contribution is 2.38. The average Bonchev–Trinajstić information content (AvgIpc) is 3.24. The van der Waals surface area contributed by atoms with Crippen molar-refractivity contribution in [3.05, 3.63) is 59.1 Å². The molecule has 6 nitrogen and oxygen atoms in total. The number of alkyl halides is 3. The second kappa shape index (κ2) is 9.27.